The van der Waals surface area contributed by atoms with E-state index < -0.39 is 0 Å². The SMILES string of the molecule is CCOC(=O)CCN(C)C(=O)CC1CCCC1. The maximum Gasteiger partial charge on any atom is 0.307 e. The Morgan fingerprint density at radius 2 is 1.94 bits per heavy atom. The summed E-state index contributed by atoms with van der Waals surface area (Å²) in [6.45, 7) is 2.65. The molecule has 1 amide bonds. The van der Waals surface area contributed by atoms with Gasteiger partial charge in [0.2, 0.25) is 5.91 Å². The second-order valence-electron chi connectivity index (χ2n) is 4.72. The smallest absolute Gasteiger partial charge is 0.307 e. The van der Waals surface area contributed by atoms with Gasteiger partial charge in [-0.15, -0.1) is 0 Å². The molecule has 0 aliphatic heterocycles. The zero-order chi connectivity index (χ0) is 12.7. The first-order valence-electron chi connectivity index (χ1n) is 6.53. The van der Waals surface area contributed by atoms with Gasteiger partial charge in [0.25, 0.3) is 0 Å². The first-order chi connectivity index (χ1) is 8.13. The van der Waals surface area contributed by atoms with Gasteiger partial charge in [0.15, 0.2) is 0 Å². The molecule has 0 radical (unpaired) electrons. The Balaban J connectivity index is 2.19. The molecule has 0 saturated heterocycles. The molecule has 0 atom stereocenters. The Morgan fingerprint density at radius 3 is 2.53 bits per heavy atom. The maximum atomic E-state index is 11.8. The number of carbonyl (C=O) groups excluding carboxylic acids is 2. The second-order valence-corrected chi connectivity index (χ2v) is 4.72. The van der Waals surface area contributed by atoms with Crippen LogP contribution in [0, 0.1) is 5.92 Å². The molecule has 4 nitrogen and oxygen atoms in total. The van der Waals surface area contributed by atoms with Crippen LogP contribution in [0.1, 0.15) is 45.4 Å². The molecule has 98 valence electrons. The molecule has 1 rings (SSSR count). The van der Waals surface area contributed by atoms with Crippen molar-refractivity contribution >= 4 is 11.9 Å². The van der Waals surface area contributed by atoms with E-state index in [1.807, 2.05) is 0 Å². The third-order valence-electron chi connectivity index (χ3n) is 3.32. The molecule has 17 heavy (non-hydrogen) atoms. The fraction of sp³-hybridized carbons (Fsp3) is 0.846. The summed E-state index contributed by atoms with van der Waals surface area (Å²) in [4.78, 5) is 24.6. The van der Waals surface area contributed by atoms with Crippen LogP contribution in [0.25, 0.3) is 0 Å². The summed E-state index contributed by atoms with van der Waals surface area (Å²) in [5, 5.41) is 0. The standard InChI is InChI=1S/C13H23NO3/c1-3-17-13(16)8-9-14(2)12(15)10-11-6-4-5-7-11/h11H,3-10H2,1-2H3. The van der Waals surface area contributed by atoms with E-state index in [1.165, 1.54) is 25.7 Å². The monoisotopic (exact) mass is 241 g/mol. The van der Waals surface area contributed by atoms with E-state index in [1.54, 1.807) is 18.9 Å². The Hall–Kier alpha value is -1.06. The Morgan fingerprint density at radius 1 is 1.29 bits per heavy atom. The lowest BCUT2D eigenvalue weighted by Gasteiger charge is -2.18. The van der Waals surface area contributed by atoms with Crippen molar-refractivity contribution in [1.29, 1.82) is 0 Å². The normalized spacial score (nSPS) is 15.9. The lowest BCUT2D eigenvalue weighted by atomic mass is 10.0. The number of esters is 1. The predicted octanol–water partition coefficient (Wildman–Crippen LogP) is 1.98. The molecule has 0 aromatic heterocycles. The molecule has 0 aromatic rings. The highest BCUT2D eigenvalue weighted by atomic mass is 16.5. The molecular weight excluding hydrogens is 218 g/mol. The lowest BCUT2D eigenvalue weighted by molar-refractivity contribution is -0.143. The number of amides is 1. The van der Waals surface area contributed by atoms with Crippen LogP contribution in [-0.4, -0.2) is 37.0 Å². The minimum absolute atomic E-state index is 0.154. The number of carbonyl (C=O) groups is 2. The zero-order valence-corrected chi connectivity index (χ0v) is 10.9. The highest BCUT2D eigenvalue weighted by Gasteiger charge is 2.20. The number of hydrogen-bond donors (Lipinski definition) is 0. The van der Waals surface area contributed by atoms with Crippen LogP contribution >= 0.6 is 0 Å². The molecule has 0 unspecified atom stereocenters. The largest absolute Gasteiger partial charge is 0.466 e. The fourth-order valence-electron chi connectivity index (χ4n) is 2.23. The van der Waals surface area contributed by atoms with Gasteiger partial charge in [0.05, 0.1) is 13.0 Å². The van der Waals surface area contributed by atoms with Crippen molar-refractivity contribution in [3.8, 4) is 0 Å². The minimum atomic E-state index is -0.229. The summed E-state index contributed by atoms with van der Waals surface area (Å²) in [7, 11) is 1.76. The highest BCUT2D eigenvalue weighted by molar-refractivity contribution is 5.77. The summed E-state index contributed by atoms with van der Waals surface area (Å²) in [6, 6.07) is 0. The second kappa shape index (κ2) is 7.30. The topological polar surface area (TPSA) is 46.6 Å². The average molecular weight is 241 g/mol. The first-order valence-corrected chi connectivity index (χ1v) is 6.53. The van der Waals surface area contributed by atoms with Crippen LogP contribution in [0.2, 0.25) is 0 Å². The third kappa shape index (κ3) is 5.20. The summed E-state index contributed by atoms with van der Waals surface area (Å²) in [5.74, 6) is 0.488. The summed E-state index contributed by atoms with van der Waals surface area (Å²) >= 11 is 0. The van der Waals surface area contributed by atoms with Gasteiger partial charge in [-0.05, 0) is 25.7 Å². The molecule has 1 saturated carbocycles. The van der Waals surface area contributed by atoms with Crippen molar-refractivity contribution in [1.82, 2.24) is 4.90 Å². The molecule has 4 heteroatoms. The van der Waals surface area contributed by atoms with Crippen LogP contribution in [0.15, 0.2) is 0 Å². The van der Waals surface area contributed by atoms with Crippen molar-refractivity contribution < 1.29 is 14.3 Å². The van der Waals surface area contributed by atoms with Gasteiger partial charge >= 0.3 is 5.97 Å². The molecule has 0 heterocycles. The van der Waals surface area contributed by atoms with Crippen LogP contribution in [0.5, 0.6) is 0 Å². The number of ether oxygens (including phenoxy) is 1. The van der Waals surface area contributed by atoms with E-state index in [0.29, 0.717) is 31.9 Å². The van der Waals surface area contributed by atoms with E-state index >= 15 is 0 Å². The van der Waals surface area contributed by atoms with Crippen molar-refractivity contribution in [3.05, 3.63) is 0 Å². The van der Waals surface area contributed by atoms with Gasteiger partial charge in [-0.3, -0.25) is 9.59 Å². The zero-order valence-electron chi connectivity index (χ0n) is 10.9. The lowest BCUT2D eigenvalue weighted by Crippen LogP contribution is -2.30. The van der Waals surface area contributed by atoms with Crippen molar-refractivity contribution in [2.45, 2.75) is 45.4 Å². The maximum absolute atomic E-state index is 11.8. The van der Waals surface area contributed by atoms with E-state index in [2.05, 4.69) is 0 Å². The van der Waals surface area contributed by atoms with Crippen molar-refractivity contribution in [2.24, 2.45) is 5.92 Å². The van der Waals surface area contributed by atoms with E-state index in [-0.39, 0.29) is 11.9 Å². The Kier molecular flexibility index (Phi) is 6.01. The first kappa shape index (κ1) is 14.0. The molecule has 1 fully saturated rings. The Bertz CT molecular complexity index is 259. The number of hydrogen-bond acceptors (Lipinski definition) is 3. The molecule has 1 aliphatic carbocycles. The van der Waals surface area contributed by atoms with Gasteiger partial charge in [-0.2, -0.15) is 0 Å². The number of rotatable bonds is 6. The summed E-state index contributed by atoms with van der Waals surface area (Å²) < 4.78 is 4.83. The molecule has 1 aliphatic rings. The molecule has 0 N–H and O–H groups in total. The van der Waals surface area contributed by atoms with E-state index in [9.17, 15) is 9.59 Å². The molecule has 0 bridgehead atoms. The Labute approximate surface area is 103 Å². The average Bonchev–Trinajstić information content (AvgIpc) is 2.79. The summed E-state index contributed by atoms with van der Waals surface area (Å²) in [6.07, 6.45) is 5.80. The predicted molar refractivity (Wildman–Crippen MR) is 65.5 cm³/mol. The molecule has 0 aromatic carbocycles. The van der Waals surface area contributed by atoms with Gasteiger partial charge in [-0.25, -0.2) is 0 Å². The van der Waals surface area contributed by atoms with Crippen LogP contribution in [-0.2, 0) is 14.3 Å². The van der Waals surface area contributed by atoms with Crippen LogP contribution < -0.4 is 0 Å². The minimum Gasteiger partial charge on any atom is -0.466 e. The quantitative estimate of drug-likeness (QED) is 0.668. The van der Waals surface area contributed by atoms with Gasteiger partial charge in [-0.1, -0.05) is 12.8 Å². The van der Waals surface area contributed by atoms with Crippen LogP contribution in [0.4, 0.5) is 0 Å². The van der Waals surface area contributed by atoms with E-state index in [0.717, 1.165) is 0 Å². The highest BCUT2D eigenvalue weighted by Crippen LogP contribution is 2.27. The molecule has 0 spiro atoms. The number of nitrogens with zero attached hydrogens (tertiary/aromatic N) is 1. The van der Waals surface area contributed by atoms with Crippen molar-refractivity contribution in [2.75, 3.05) is 20.2 Å². The fourth-order valence-corrected chi connectivity index (χ4v) is 2.23. The third-order valence-corrected chi connectivity index (χ3v) is 3.32. The van der Waals surface area contributed by atoms with Gasteiger partial charge < -0.3 is 9.64 Å². The summed E-state index contributed by atoms with van der Waals surface area (Å²) in [5.41, 5.74) is 0. The van der Waals surface area contributed by atoms with Crippen LogP contribution in [0.3, 0.4) is 0 Å². The van der Waals surface area contributed by atoms with Gasteiger partial charge in [0.1, 0.15) is 0 Å². The molecular formula is C13H23NO3. The van der Waals surface area contributed by atoms with E-state index in [4.69, 9.17) is 4.74 Å². The van der Waals surface area contributed by atoms with Gasteiger partial charge in [0, 0.05) is 20.0 Å². The van der Waals surface area contributed by atoms with Crippen molar-refractivity contribution in [3.63, 3.8) is 0 Å².